The zero-order chi connectivity index (χ0) is 20.5. The molecule has 0 aromatic carbocycles. The van der Waals surface area contributed by atoms with Crippen molar-refractivity contribution in [1.82, 2.24) is 28.8 Å². The van der Waals surface area contributed by atoms with Crippen molar-refractivity contribution in [2.75, 3.05) is 26.6 Å². The molecule has 0 N–H and O–H groups in total. The Labute approximate surface area is 165 Å². The van der Waals surface area contributed by atoms with Crippen LogP contribution >= 0.6 is 11.5 Å². The smallest absolute Gasteiger partial charge is 0.265 e. The van der Waals surface area contributed by atoms with Gasteiger partial charge in [-0.15, -0.1) is 25.1 Å². The number of sulfone groups is 1. The molecule has 12 nitrogen and oxygen atoms in total. The van der Waals surface area contributed by atoms with Crippen LogP contribution < -0.4 is 4.74 Å². The maximum Gasteiger partial charge on any atom is 0.265 e. The lowest BCUT2D eigenvalue weighted by atomic mass is 10.2. The van der Waals surface area contributed by atoms with Crippen LogP contribution in [0.15, 0.2) is 15.4 Å². The van der Waals surface area contributed by atoms with Crippen molar-refractivity contribution in [2.24, 2.45) is 17.3 Å². The average Bonchev–Trinajstić information content (AvgIpc) is 3.28. The molecule has 3 aromatic heterocycles. The van der Waals surface area contributed by atoms with Crippen LogP contribution in [0.1, 0.15) is 25.6 Å². The number of hydrogen-bond acceptors (Lipinski definition) is 11. The van der Waals surface area contributed by atoms with E-state index in [0.29, 0.717) is 17.9 Å². The third-order valence-electron chi connectivity index (χ3n) is 3.65. The van der Waals surface area contributed by atoms with E-state index in [1.54, 1.807) is 7.11 Å². The van der Waals surface area contributed by atoms with Crippen LogP contribution in [0.4, 0.5) is 10.8 Å². The van der Waals surface area contributed by atoms with Crippen molar-refractivity contribution in [2.45, 2.75) is 24.9 Å². The molecule has 3 aromatic rings. The lowest BCUT2D eigenvalue weighted by Gasteiger charge is -2.05. The molecule has 0 bridgehead atoms. The molecule has 0 spiro atoms. The number of ether oxygens (including phenoxy) is 2. The molecule has 0 atom stereocenters. The van der Waals surface area contributed by atoms with Crippen LogP contribution in [0.5, 0.6) is 5.88 Å². The Balaban J connectivity index is 2.02. The Morgan fingerprint density at radius 3 is 2.57 bits per heavy atom. The highest BCUT2D eigenvalue weighted by Crippen LogP contribution is 2.34. The van der Waals surface area contributed by atoms with E-state index in [4.69, 9.17) is 9.47 Å². The number of azo groups is 1. The first kappa shape index (κ1) is 20.3. The van der Waals surface area contributed by atoms with Gasteiger partial charge in [-0.1, -0.05) is 13.8 Å². The number of aryl methyl sites for hydroxylation is 1. The van der Waals surface area contributed by atoms with Crippen LogP contribution in [0, 0.1) is 0 Å². The summed E-state index contributed by atoms with van der Waals surface area (Å²) in [6.45, 7) is 4.69. The van der Waals surface area contributed by atoms with E-state index in [1.165, 1.54) is 4.63 Å². The second kappa shape index (κ2) is 7.89. The number of aromatic nitrogens is 6. The summed E-state index contributed by atoms with van der Waals surface area (Å²) in [6.07, 6.45) is 1.03. The van der Waals surface area contributed by atoms with Gasteiger partial charge in [0.2, 0.25) is 15.0 Å². The molecule has 0 saturated heterocycles. The number of rotatable bonds is 8. The molecule has 0 radical (unpaired) electrons. The highest BCUT2D eigenvalue weighted by Gasteiger charge is 2.22. The summed E-state index contributed by atoms with van der Waals surface area (Å²) in [5.41, 5.74) is 0.946. The zero-order valence-corrected chi connectivity index (χ0v) is 17.7. The third kappa shape index (κ3) is 4.02. The van der Waals surface area contributed by atoms with Crippen molar-refractivity contribution >= 4 is 37.8 Å². The van der Waals surface area contributed by atoms with E-state index in [-0.39, 0.29) is 28.7 Å². The minimum Gasteiger partial charge on any atom is -0.472 e. The molecule has 0 saturated carbocycles. The Morgan fingerprint density at radius 2 is 1.96 bits per heavy atom. The second-order valence-corrected chi connectivity index (χ2v) is 8.85. The Morgan fingerprint density at radius 1 is 1.21 bits per heavy atom. The highest BCUT2D eigenvalue weighted by molar-refractivity contribution is 7.90. The average molecular weight is 429 g/mol. The standard InChI is InChI=1S/C14H20N8O4S2/c1-8(2)10-18-22-12(21(10)3)9(11(19-22)26-7-6-25-4)16-17-13-15-14(20-27-13)28(5,23)24/h8H,6-7H2,1-5H3. The fourth-order valence-electron chi connectivity index (χ4n) is 2.40. The van der Waals surface area contributed by atoms with Gasteiger partial charge < -0.3 is 14.0 Å². The van der Waals surface area contributed by atoms with Gasteiger partial charge in [0.25, 0.3) is 11.0 Å². The SMILES string of the molecule is COCCOc1nn2nc(C(C)C)n(C)c2c1N=Nc1nc(S(C)(=O)=O)ns1. The van der Waals surface area contributed by atoms with Gasteiger partial charge >= 0.3 is 0 Å². The van der Waals surface area contributed by atoms with E-state index < -0.39 is 9.84 Å². The summed E-state index contributed by atoms with van der Waals surface area (Å²) in [4.78, 5) is 3.87. The van der Waals surface area contributed by atoms with Crippen molar-refractivity contribution in [3.63, 3.8) is 0 Å². The number of fused-ring (bicyclic) bond motifs is 1. The van der Waals surface area contributed by atoms with E-state index in [0.717, 1.165) is 23.6 Å². The second-order valence-electron chi connectivity index (χ2n) is 6.21. The van der Waals surface area contributed by atoms with Crippen molar-refractivity contribution < 1.29 is 17.9 Å². The molecule has 3 heterocycles. The summed E-state index contributed by atoms with van der Waals surface area (Å²) in [5.74, 6) is 1.23. The van der Waals surface area contributed by atoms with Crippen molar-refractivity contribution in [3.8, 4) is 5.88 Å². The molecule has 3 rings (SSSR count). The molecular formula is C14H20N8O4S2. The predicted molar refractivity (Wildman–Crippen MR) is 101 cm³/mol. The monoisotopic (exact) mass is 428 g/mol. The topological polar surface area (TPSA) is 138 Å². The Bertz CT molecular complexity index is 1110. The number of nitrogens with zero attached hydrogens (tertiary/aromatic N) is 8. The van der Waals surface area contributed by atoms with Crippen molar-refractivity contribution in [3.05, 3.63) is 5.82 Å². The molecular weight excluding hydrogens is 408 g/mol. The lowest BCUT2D eigenvalue weighted by Crippen LogP contribution is -2.05. The summed E-state index contributed by atoms with van der Waals surface area (Å²) in [6, 6.07) is 0. The maximum atomic E-state index is 11.5. The van der Waals surface area contributed by atoms with Gasteiger partial charge in [-0.3, -0.25) is 0 Å². The summed E-state index contributed by atoms with van der Waals surface area (Å²) < 4.78 is 40.7. The molecule has 0 aliphatic carbocycles. The highest BCUT2D eigenvalue weighted by atomic mass is 32.2. The molecule has 14 heteroatoms. The van der Waals surface area contributed by atoms with Crippen LogP contribution in [-0.4, -0.2) is 63.7 Å². The van der Waals surface area contributed by atoms with Crippen LogP contribution in [-0.2, 0) is 21.6 Å². The normalized spacial score (nSPS) is 12.6. The fourth-order valence-corrected chi connectivity index (χ4v) is 3.77. The van der Waals surface area contributed by atoms with Gasteiger partial charge in [-0.2, -0.15) is 9.36 Å². The zero-order valence-electron chi connectivity index (χ0n) is 16.0. The van der Waals surface area contributed by atoms with Gasteiger partial charge in [-0.25, -0.2) is 8.42 Å². The number of methoxy groups -OCH3 is 1. The fraction of sp³-hybridized carbons (Fsp3) is 0.571. The molecule has 0 aliphatic heterocycles. The number of hydrogen-bond donors (Lipinski definition) is 0. The Kier molecular flexibility index (Phi) is 5.71. The first-order chi connectivity index (χ1) is 13.2. The summed E-state index contributed by atoms with van der Waals surface area (Å²) >= 11 is 0.834. The summed E-state index contributed by atoms with van der Waals surface area (Å²) in [7, 11) is -0.0878. The molecule has 0 aliphatic rings. The van der Waals surface area contributed by atoms with Crippen LogP contribution in [0.25, 0.3) is 5.65 Å². The molecule has 28 heavy (non-hydrogen) atoms. The molecule has 0 unspecified atom stereocenters. The van der Waals surface area contributed by atoms with Crippen LogP contribution in [0.3, 0.4) is 0 Å². The minimum atomic E-state index is -3.51. The van der Waals surface area contributed by atoms with Gasteiger partial charge in [0.15, 0.2) is 11.3 Å². The van der Waals surface area contributed by atoms with Crippen molar-refractivity contribution in [1.29, 1.82) is 0 Å². The van der Waals surface area contributed by atoms with Gasteiger partial charge in [-0.05, 0) is 0 Å². The first-order valence-electron chi connectivity index (χ1n) is 8.25. The molecule has 0 fully saturated rings. The predicted octanol–water partition coefficient (Wildman–Crippen LogP) is 1.89. The molecule has 0 amide bonds. The van der Waals surface area contributed by atoms with E-state index in [1.807, 2.05) is 25.5 Å². The Hall–Kier alpha value is -2.45. The summed E-state index contributed by atoms with van der Waals surface area (Å²) in [5, 5.41) is 16.8. The van der Waals surface area contributed by atoms with Gasteiger partial charge in [0.05, 0.1) is 6.61 Å². The third-order valence-corrected chi connectivity index (χ3v) is 5.22. The largest absolute Gasteiger partial charge is 0.472 e. The van der Waals surface area contributed by atoms with E-state index >= 15 is 0 Å². The quantitative estimate of drug-likeness (QED) is 0.391. The maximum absolute atomic E-state index is 11.5. The van der Waals surface area contributed by atoms with Gasteiger partial charge in [0.1, 0.15) is 12.4 Å². The molecule has 152 valence electrons. The van der Waals surface area contributed by atoms with Gasteiger partial charge in [0, 0.05) is 37.9 Å². The van der Waals surface area contributed by atoms with E-state index in [9.17, 15) is 8.42 Å². The van der Waals surface area contributed by atoms with E-state index in [2.05, 4.69) is 29.8 Å². The first-order valence-corrected chi connectivity index (χ1v) is 10.9. The minimum absolute atomic E-state index is 0.105. The lowest BCUT2D eigenvalue weighted by molar-refractivity contribution is 0.143. The van der Waals surface area contributed by atoms with Crippen LogP contribution in [0.2, 0.25) is 0 Å².